The molecular formula is C5H11B3O2. The molecule has 0 unspecified atom stereocenters. The molecule has 0 amide bonds. The van der Waals surface area contributed by atoms with Crippen LogP contribution >= 0.6 is 0 Å². The van der Waals surface area contributed by atoms with Crippen molar-refractivity contribution in [3.63, 3.8) is 0 Å². The summed E-state index contributed by atoms with van der Waals surface area (Å²) in [6.45, 7) is 0. The molecule has 1 aliphatic carbocycles. The van der Waals surface area contributed by atoms with Gasteiger partial charge in [0, 0.05) is 0 Å². The molecule has 1 fully saturated rings. The molecule has 2 nitrogen and oxygen atoms in total. The summed E-state index contributed by atoms with van der Waals surface area (Å²) < 4.78 is 0. The maximum atomic E-state index is 10.7. The zero-order valence-electron chi connectivity index (χ0n) is 6.77. The van der Waals surface area contributed by atoms with Crippen molar-refractivity contribution in [3.8, 4) is 0 Å². The van der Waals surface area contributed by atoms with E-state index in [1.54, 1.807) is 0 Å². The lowest BCUT2D eigenvalue weighted by Gasteiger charge is -2.26. The highest BCUT2D eigenvalue weighted by Crippen LogP contribution is 2.58. The SMILES string of the molecule is BC(B)(B)C1(C(=O)O)CC1. The van der Waals surface area contributed by atoms with Crippen LogP contribution in [0.3, 0.4) is 0 Å². The van der Waals surface area contributed by atoms with Crippen LogP contribution in [0.2, 0.25) is 5.11 Å². The minimum absolute atomic E-state index is 0.0706. The van der Waals surface area contributed by atoms with Crippen molar-refractivity contribution in [2.24, 2.45) is 5.41 Å². The average molecular weight is 136 g/mol. The second-order valence-corrected chi connectivity index (χ2v) is 4.14. The third kappa shape index (κ3) is 0.880. The van der Waals surface area contributed by atoms with E-state index in [0.717, 1.165) is 12.8 Å². The summed E-state index contributed by atoms with van der Waals surface area (Å²) >= 11 is 0. The van der Waals surface area contributed by atoms with Gasteiger partial charge in [0.25, 0.3) is 0 Å². The van der Waals surface area contributed by atoms with Gasteiger partial charge < -0.3 is 5.11 Å². The molecule has 0 heterocycles. The Kier molecular flexibility index (Phi) is 1.42. The fourth-order valence-electron chi connectivity index (χ4n) is 1.41. The van der Waals surface area contributed by atoms with Gasteiger partial charge in [0.15, 0.2) is 0 Å². The van der Waals surface area contributed by atoms with E-state index in [2.05, 4.69) is 0 Å². The van der Waals surface area contributed by atoms with E-state index in [9.17, 15) is 4.79 Å². The minimum Gasteiger partial charge on any atom is -0.481 e. The maximum Gasteiger partial charge on any atom is 0.308 e. The first-order valence-corrected chi connectivity index (χ1v) is 3.63. The van der Waals surface area contributed by atoms with Gasteiger partial charge in [-0.3, -0.25) is 4.79 Å². The monoisotopic (exact) mass is 136 g/mol. The molecule has 1 N–H and O–H groups in total. The molecule has 0 aromatic carbocycles. The van der Waals surface area contributed by atoms with E-state index in [4.69, 9.17) is 5.11 Å². The van der Waals surface area contributed by atoms with E-state index >= 15 is 0 Å². The number of hydrogen-bond acceptors (Lipinski definition) is 1. The number of carboxylic acid groups (broad SMARTS) is 1. The fourth-order valence-corrected chi connectivity index (χ4v) is 1.41. The van der Waals surface area contributed by atoms with Crippen molar-refractivity contribution in [2.75, 3.05) is 0 Å². The highest BCUT2D eigenvalue weighted by atomic mass is 16.4. The molecule has 0 aliphatic heterocycles. The zero-order chi connectivity index (χ0) is 7.99. The molecule has 1 aliphatic rings. The standard InChI is InChI=1S/C5H11B3O2/c6-5(7,8)4(1-2-4)3(9)10/h1-2,6-8H2,(H,9,10). The van der Waals surface area contributed by atoms with Crippen LogP contribution in [-0.4, -0.2) is 34.6 Å². The molecule has 0 spiro atoms. The molecule has 1 rings (SSSR count). The Bertz CT molecular complexity index is 168. The Morgan fingerprint density at radius 3 is 1.80 bits per heavy atom. The quantitative estimate of drug-likeness (QED) is 0.438. The first kappa shape index (κ1) is 7.77. The summed E-state index contributed by atoms with van der Waals surface area (Å²) in [5.74, 6) is -0.625. The molecular weight excluding hydrogens is 124 g/mol. The Morgan fingerprint density at radius 1 is 1.40 bits per heavy atom. The Hall–Kier alpha value is -0.335. The lowest BCUT2D eigenvalue weighted by molar-refractivity contribution is -0.143. The number of hydrogen-bond donors (Lipinski definition) is 1. The van der Waals surface area contributed by atoms with Gasteiger partial charge in [-0.25, -0.2) is 0 Å². The van der Waals surface area contributed by atoms with Crippen molar-refractivity contribution < 1.29 is 9.90 Å². The summed E-state index contributed by atoms with van der Waals surface area (Å²) in [4.78, 5) is 10.7. The zero-order valence-corrected chi connectivity index (χ0v) is 6.77. The van der Waals surface area contributed by atoms with E-state index < -0.39 is 11.4 Å². The lowest BCUT2D eigenvalue weighted by atomic mass is 9.36. The second kappa shape index (κ2) is 1.83. The lowest BCUT2D eigenvalue weighted by Crippen LogP contribution is -2.33. The highest BCUT2D eigenvalue weighted by Gasteiger charge is 2.57. The molecule has 0 radical (unpaired) electrons. The van der Waals surface area contributed by atoms with E-state index in [1.165, 1.54) is 0 Å². The van der Waals surface area contributed by atoms with Gasteiger partial charge in [0.05, 0.1) is 29.0 Å². The van der Waals surface area contributed by atoms with Crippen LogP contribution in [-0.2, 0) is 4.79 Å². The minimum atomic E-state index is -0.625. The molecule has 0 saturated heterocycles. The highest BCUT2D eigenvalue weighted by molar-refractivity contribution is 6.60. The number of rotatable bonds is 2. The molecule has 0 aromatic rings. The first-order valence-electron chi connectivity index (χ1n) is 3.63. The van der Waals surface area contributed by atoms with Gasteiger partial charge in [0.1, 0.15) is 0 Å². The average Bonchev–Trinajstić information content (AvgIpc) is 2.36. The Labute approximate surface area is 63.6 Å². The van der Waals surface area contributed by atoms with Crippen LogP contribution in [0.5, 0.6) is 0 Å². The van der Waals surface area contributed by atoms with Crippen LogP contribution in [0, 0.1) is 5.41 Å². The number of carboxylic acids is 1. The van der Waals surface area contributed by atoms with Crippen molar-refractivity contribution in [3.05, 3.63) is 0 Å². The van der Waals surface area contributed by atoms with Gasteiger partial charge in [0.2, 0.25) is 0 Å². The molecule has 1 saturated carbocycles. The normalized spacial score (nSPS) is 22.0. The van der Waals surface area contributed by atoms with Gasteiger partial charge in [-0.1, -0.05) is 5.11 Å². The van der Waals surface area contributed by atoms with Crippen molar-refractivity contribution in [2.45, 2.75) is 18.0 Å². The van der Waals surface area contributed by atoms with E-state index in [0.29, 0.717) is 0 Å². The van der Waals surface area contributed by atoms with Crippen LogP contribution in [0.25, 0.3) is 0 Å². The van der Waals surface area contributed by atoms with Crippen LogP contribution < -0.4 is 0 Å². The molecule has 10 heavy (non-hydrogen) atoms. The van der Waals surface area contributed by atoms with Crippen molar-refractivity contribution >= 4 is 29.5 Å². The predicted molar refractivity (Wildman–Crippen MR) is 47.6 cm³/mol. The molecule has 5 heteroatoms. The van der Waals surface area contributed by atoms with Gasteiger partial charge in [-0.2, -0.15) is 0 Å². The smallest absolute Gasteiger partial charge is 0.308 e. The first-order chi connectivity index (χ1) is 4.40. The molecule has 0 aromatic heterocycles. The Balaban J connectivity index is 2.80. The van der Waals surface area contributed by atoms with Gasteiger partial charge >= 0.3 is 5.97 Å². The molecule has 52 valence electrons. The number of carbonyl (C=O) groups is 1. The van der Waals surface area contributed by atoms with Gasteiger partial charge in [-0.05, 0) is 12.8 Å². The summed E-state index contributed by atoms with van der Waals surface area (Å²) in [5.41, 5.74) is -0.396. The fraction of sp³-hybridized carbons (Fsp3) is 0.800. The second-order valence-electron chi connectivity index (χ2n) is 4.14. The van der Waals surface area contributed by atoms with Crippen molar-refractivity contribution in [1.29, 1.82) is 0 Å². The van der Waals surface area contributed by atoms with Crippen LogP contribution in [0.4, 0.5) is 0 Å². The maximum absolute atomic E-state index is 10.7. The largest absolute Gasteiger partial charge is 0.481 e. The van der Waals surface area contributed by atoms with E-state index in [1.807, 2.05) is 23.5 Å². The Morgan fingerprint density at radius 2 is 1.80 bits per heavy atom. The third-order valence-corrected chi connectivity index (χ3v) is 2.60. The summed E-state index contributed by atoms with van der Waals surface area (Å²) in [5, 5.41) is 8.77. The van der Waals surface area contributed by atoms with Crippen molar-refractivity contribution in [1.82, 2.24) is 0 Å². The van der Waals surface area contributed by atoms with E-state index in [-0.39, 0.29) is 5.11 Å². The number of aliphatic carboxylic acids is 1. The van der Waals surface area contributed by atoms with Crippen LogP contribution in [0.1, 0.15) is 12.8 Å². The van der Waals surface area contributed by atoms with Gasteiger partial charge in [-0.15, -0.1) is 0 Å². The third-order valence-electron chi connectivity index (χ3n) is 2.60. The van der Waals surface area contributed by atoms with Crippen LogP contribution in [0.15, 0.2) is 0 Å². The topological polar surface area (TPSA) is 37.3 Å². The molecule has 0 bridgehead atoms. The summed E-state index contributed by atoms with van der Waals surface area (Å²) in [6, 6.07) is 0. The molecule has 0 atom stereocenters. The summed E-state index contributed by atoms with van der Waals surface area (Å²) in [7, 11) is 5.98. The predicted octanol–water partition coefficient (Wildman–Crippen LogP) is -2.18. The summed E-state index contributed by atoms with van der Waals surface area (Å²) in [6.07, 6.45) is 1.71.